The number of carbonyl (C=O) groups excluding carboxylic acids is 2. The van der Waals surface area contributed by atoms with Crippen molar-refractivity contribution in [1.82, 2.24) is 10.6 Å². The van der Waals surface area contributed by atoms with Gasteiger partial charge in [-0.3, -0.25) is 9.59 Å². The summed E-state index contributed by atoms with van der Waals surface area (Å²) in [5.41, 5.74) is 2.19. The number of amides is 2. The first kappa shape index (κ1) is 14.5. The van der Waals surface area contributed by atoms with Gasteiger partial charge < -0.3 is 16.0 Å². The van der Waals surface area contributed by atoms with E-state index >= 15 is 0 Å². The van der Waals surface area contributed by atoms with Gasteiger partial charge in [0.25, 0.3) is 5.91 Å². The predicted octanol–water partition coefficient (Wildman–Crippen LogP) is 1.44. The Kier molecular flexibility index (Phi) is 4.74. The lowest BCUT2D eigenvalue weighted by Gasteiger charge is -2.23. The van der Waals surface area contributed by atoms with Crippen molar-refractivity contribution >= 4 is 17.5 Å². The normalized spacial score (nSPS) is 18.4. The summed E-state index contributed by atoms with van der Waals surface area (Å²) in [5, 5.41) is 8.71. The molecule has 1 aromatic carbocycles. The van der Waals surface area contributed by atoms with Gasteiger partial charge in [0.15, 0.2) is 0 Å². The first-order valence-electron chi connectivity index (χ1n) is 6.99. The molecule has 1 aliphatic rings. The van der Waals surface area contributed by atoms with Crippen molar-refractivity contribution in [2.24, 2.45) is 0 Å². The van der Waals surface area contributed by atoms with E-state index in [1.165, 1.54) is 0 Å². The van der Waals surface area contributed by atoms with E-state index in [4.69, 9.17) is 0 Å². The van der Waals surface area contributed by atoms with Gasteiger partial charge in [-0.15, -0.1) is 0 Å². The molecular weight excluding hydrogens is 254 g/mol. The maximum atomic E-state index is 12.2. The lowest BCUT2D eigenvalue weighted by molar-refractivity contribution is -0.118. The van der Waals surface area contributed by atoms with Gasteiger partial charge in [-0.1, -0.05) is 12.5 Å². The highest BCUT2D eigenvalue weighted by molar-refractivity contribution is 5.99. The van der Waals surface area contributed by atoms with Gasteiger partial charge in [-0.2, -0.15) is 0 Å². The summed E-state index contributed by atoms with van der Waals surface area (Å²) in [4.78, 5) is 23.8. The zero-order valence-corrected chi connectivity index (χ0v) is 12.0. The Morgan fingerprint density at radius 3 is 2.75 bits per heavy atom. The summed E-state index contributed by atoms with van der Waals surface area (Å²) in [6, 6.07) is 5.18. The molecule has 2 rings (SSSR count). The molecule has 2 amide bonds. The number of hydrogen-bond donors (Lipinski definition) is 3. The second kappa shape index (κ2) is 6.52. The molecule has 5 nitrogen and oxygen atoms in total. The van der Waals surface area contributed by atoms with E-state index in [9.17, 15) is 9.59 Å². The Bertz CT molecular complexity index is 508. The Morgan fingerprint density at radius 2 is 2.10 bits per heavy atom. The summed E-state index contributed by atoms with van der Waals surface area (Å²) >= 11 is 0. The standard InChI is InChI=1S/C15H21N3O2/c1-10-6-7-11(14(19)16-2)9-13(10)18-15(20)12-5-3-4-8-17-12/h6-7,9,12,17H,3-5,8H2,1-2H3,(H,16,19)(H,18,20)/t12-/m1/s1. The van der Waals surface area contributed by atoms with E-state index in [1.54, 1.807) is 19.2 Å². The van der Waals surface area contributed by atoms with E-state index in [0.29, 0.717) is 11.3 Å². The molecule has 1 atom stereocenters. The largest absolute Gasteiger partial charge is 0.355 e. The van der Waals surface area contributed by atoms with E-state index in [1.807, 2.05) is 13.0 Å². The summed E-state index contributed by atoms with van der Waals surface area (Å²) < 4.78 is 0. The number of nitrogens with one attached hydrogen (secondary N) is 3. The van der Waals surface area contributed by atoms with Crippen LogP contribution in [0.4, 0.5) is 5.69 Å². The monoisotopic (exact) mass is 275 g/mol. The fourth-order valence-corrected chi connectivity index (χ4v) is 2.34. The number of hydrogen-bond acceptors (Lipinski definition) is 3. The minimum Gasteiger partial charge on any atom is -0.355 e. The van der Waals surface area contributed by atoms with Gasteiger partial charge in [-0.25, -0.2) is 0 Å². The molecule has 108 valence electrons. The average Bonchev–Trinajstić information content (AvgIpc) is 2.49. The minimum absolute atomic E-state index is 0.0261. The van der Waals surface area contributed by atoms with Crippen molar-refractivity contribution in [3.8, 4) is 0 Å². The van der Waals surface area contributed by atoms with Crippen molar-refractivity contribution in [3.63, 3.8) is 0 Å². The highest BCUT2D eigenvalue weighted by Gasteiger charge is 2.21. The fraction of sp³-hybridized carbons (Fsp3) is 0.467. The van der Waals surface area contributed by atoms with Crippen LogP contribution < -0.4 is 16.0 Å². The number of benzene rings is 1. The van der Waals surface area contributed by atoms with Crippen LogP contribution in [0.2, 0.25) is 0 Å². The van der Waals surface area contributed by atoms with Crippen LogP contribution in [0.15, 0.2) is 18.2 Å². The lowest BCUT2D eigenvalue weighted by Crippen LogP contribution is -2.43. The molecule has 0 saturated carbocycles. The third kappa shape index (κ3) is 3.36. The molecule has 1 aliphatic heterocycles. The van der Waals surface area contributed by atoms with Gasteiger partial charge in [0.1, 0.15) is 0 Å². The molecule has 0 radical (unpaired) electrons. The highest BCUT2D eigenvalue weighted by atomic mass is 16.2. The van der Waals surface area contributed by atoms with Crippen LogP contribution >= 0.6 is 0 Å². The van der Waals surface area contributed by atoms with Gasteiger partial charge in [0, 0.05) is 18.3 Å². The molecular formula is C15H21N3O2. The van der Waals surface area contributed by atoms with Crippen LogP contribution in [0, 0.1) is 6.92 Å². The first-order chi connectivity index (χ1) is 9.61. The van der Waals surface area contributed by atoms with Crippen LogP contribution in [-0.4, -0.2) is 31.4 Å². The van der Waals surface area contributed by atoms with Crippen molar-refractivity contribution in [2.45, 2.75) is 32.2 Å². The van der Waals surface area contributed by atoms with E-state index in [0.717, 1.165) is 31.4 Å². The molecule has 0 spiro atoms. The number of carbonyl (C=O) groups is 2. The van der Waals surface area contributed by atoms with Crippen LogP contribution in [0.3, 0.4) is 0 Å². The summed E-state index contributed by atoms with van der Waals surface area (Å²) in [7, 11) is 1.59. The third-order valence-corrected chi connectivity index (χ3v) is 3.61. The molecule has 0 aliphatic carbocycles. The van der Waals surface area contributed by atoms with Crippen molar-refractivity contribution in [3.05, 3.63) is 29.3 Å². The molecule has 1 aromatic rings. The number of aryl methyl sites for hydroxylation is 1. The number of anilines is 1. The van der Waals surface area contributed by atoms with Crippen molar-refractivity contribution in [1.29, 1.82) is 0 Å². The minimum atomic E-state index is -0.156. The zero-order valence-electron chi connectivity index (χ0n) is 12.0. The molecule has 0 unspecified atom stereocenters. The van der Waals surface area contributed by atoms with Gasteiger partial charge >= 0.3 is 0 Å². The van der Waals surface area contributed by atoms with Crippen LogP contribution in [0.5, 0.6) is 0 Å². The second-order valence-electron chi connectivity index (χ2n) is 5.10. The Hall–Kier alpha value is -1.88. The predicted molar refractivity (Wildman–Crippen MR) is 78.8 cm³/mol. The number of piperidine rings is 1. The summed E-state index contributed by atoms with van der Waals surface area (Å²) in [6.07, 6.45) is 3.05. The highest BCUT2D eigenvalue weighted by Crippen LogP contribution is 2.18. The quantitative estimate of drug-likeness (QED) is 0.781. The molecule has 5 heteroatoms. The molecule has 20 heavy (non-hydrogen) atoms. The van der Waals surface area contributed by atoms with E-state index < -0.39 is 0 Å². The van der Waals surface area contributed by atoms with E-state index in [-0.39, 0.29) is 17.9 Å². The van der Waals surface area contributed by atoms with Gasteiger partial charge in [0.05, 0.1) is 6.04 Å². The van der Waals surface area contributed by atoms with Crippen molar-refractivity contribution < 1.29 is 9.59 Å². The molecule has 3 N–H and O–H groups in total. The molecule has 1 fully saturated rings. The van der Waals surface area contributed by atoms with Crippen LogP contribution in [0.1, 0.15) is 35.2 Å². The maximum Gasteiger partial charge on any atom is 0.251 e. The topological polar surface area (TPSA) is 70.2 Å². The second-order valence-corrected chi connectivity index (χ2v) is 5.10. The third-order valence-electron chi connectivity index (χ3n) is 3.61. The number of rotatable bonds is 3. The SMILES string of the molecule is CNC(=O)c1ccc(C)c(NC(=O)[C@H]2CCCCN2)c1. The van der Waals surface area contributed by atoms with E-state index in [2.05, 4.69) is 16.0 Å². The molecule has 0 bridgehead atoms. The molecule has 1 heterocycles. The first-order valence-corrected chi connectivity index (χ1v) is 6.99. The zero-order chi connectivity index (χ0) is 14.5. The van der Waals surface area contributed by atoms with Gasteiger partial charge in [0.2, 0.25) is 5.91 Å². The fourth-order valence-electron chi connectivity index (χ4n) is 2.34. The smallest absolute Gasteiger partial charge is 0.251 e. The Morgan fingerprint density at radius 1 is 1.30 bits per heavy atom. The summed E-state index contributed by atoms with van der Waals surface area (Å²) in [5.74, 6) is -0.182. The average molecular weight is 275 g/mol. The lowest BCUT2D eigenvalue weighted by atomic mass is 10.0. The Labute approximate surface area is 119 Å². The maximum absolute atomic E-state index is 12.2. The molecule has 1 saturated heterocycles. The van der Waals surface area contributed by atoms with Crippen LogP contribution in [-0.2, 0) is 4.79 Å². The van der Waals surface area contributed by atoms with Crippen molar-refractivity contribution in [2.75, 3.05) is 18.9 Å². The summed E-state index contributed by atoms with van der Waals surface area (Å²) in [6.45, 7) is 2.80. The van der Waals surface area contributed by atoms with Crippen LogP contribution in [0.25, 0.3) is 0 Å². The van der Waals surface area contributed by atoms with Gasteiger partial charge in [-0.05, 0) is 44.0 Å². The Balaban J connectivity index is 2.11. The molecule has 0 aromatic heterocycles.